The van der Waals surface area contributed by atoms with Gasteiger partial charge in [-0.2, -0.15) is 0 Å². The predicted octanol–water partition coefficient (Wildman–Crippen LogP) is 3.69. The molecule has 0 aliphatic heterocycles. The zero-order chi connectivity index (χ0) is 17.4. The first-order valence-corrected chi connectivity index (χ1v) is 8.65. The number of ether oxygens (including phenoxy) is 1. The fraction of sp³-hybridized carbons (Fsp3) is 0.500. The van der Waals surface area contributed by atoms with E-state index in [1.807, 2.05) is 12.1 Å². The highest BCUT2D eigenvalue weighted by Gasteiger charge is 2.13. The maximum Gasteiger partial charge on any atom is 0.129 e. The Hall–Kier alpha value is -1.62. The highest BCUT2D eigenvalue weighted by Crippen LogP contribution is 2.14. The van der Waals surface area contributed by atoms with E-state index in [0.29, 0.717) is 19.8 Å². The number of rotatable bonds is 10. The summed E-state index contributed by atoms with van der Waals surface area (Å²) in [6, 6.07) is 10.3. The van der Waals surface area contributed by atoms with E-state index in [1.54, 1.807) is 6.26 Å². The van der Waals surface area contributed by atoms with Crippen LogP contribution in [-0.4, -0.2) is 35.8 Å². The molecule has 0 bridgehead atoms. The molecule has 0 aliphatic carbocycles. The molecule has 0 saturated carbocycles. The topological polar surface area (TPSA) is 45.8 Å². The number of benzene rings is 1. The maximum atomic E-state index is 10.3. The summed E-state index contributed by atoms with van der Waals surface area (Å²) in [5.41, 5.74) is 3.90. The van der Waals surface area contributed by atoms with Gasteiger partial charge in [-0.05, 0) is 50.1 Å². The standard InChI is InChI=1S/C20H29NO3/c1-4-9-21(12-18-8-7-16(2)11-17(18)3)13-19(22)14-23-15-20-6-5-10-24-20/h5-8,10-11,19,22H,4,9,12-15H2,1-3H3. The smallest absolute Gasteiger partial charge is 0.129 e. The van der Waals surface area contributed by atoms with Crippen LogP contribution >= 0.6 is 0 Å². The molecule has 0 aliphatic rings. The molecule has 1 heterocycles. The lowest BCUT2D eigenvalue weighted by Gasteiger charge is -2.25. The number of hydrogen-bond acceptors (Lipinski definition) is 4. The van der Waals surface area contributed by atoms with Gasteiger partial charge in [0.15, 0.2) is 0 Å². The van der Waals surface area contributed by atoms with E-state index in [-0.39, 0.29) is 0 Å². The molecule has 1 atom stereocenters. The van der Waals surface area contributed by atoms with Crippen molar-refractivity contribution < 1.29 is 14.3 Å². The van der Waals surface area contributed by atoms with Crippen molar-refractivity contribution in [1.29, 1.82) is 0 Å². The molecule has 0 spiro atoms. The normalized spacial score (nSPS) is 12.7. The lowest BCUT2D eigenvalue weighted by Crippen LogP contribution is -2.35. The Bertz CT molecular complexity index is 595. The molecule has 1 aromatic heterocycles. The molecule has 1 N–H and O–H groups in total. The molecular weight excluding hydrogens is 302 g/mol. The van der Waals surface area contributed by atoms with E-state index in [4.69, 9.17) is 9.15 Å². The molecule has 0 amide bonds. The Balaban J connectivity index is 1.82. The highest BCUT2D eigenvalue weighted by atomic mass is 16.5. The third-order valence-corrected chi connectivity index (χ3v) is 4.04. The first-order valence-electron chi connectivity index (χ1n) is 8.65. The molecule has 132 valence electrons. The Morgan fingerprint density at radius 2 is 2.08 bits per heavy atom. The number of furan rings is 1. The van der Waals surface area contributed by atoms with Crippen molar-refractivity contribution in [2.24, 2.45) is 0 Å². The van der Waals surface area contributed by atoms with Crippen LogP contribution in [0.15, 0.2) is 41.0 Å². The van der Waals surface area contributed by atoms with Gasteiger partial charge >= 0.3 is 0 Å². The van der Waals surface area contributed by atoms with Crippen molar-refractivity contribution in [3.63, 3.8) is 0 Å². The fourth-order valence-electron chi connectivity index (χ4n) is 2.86. The predicted molar refractivity (Wildman–Crippen MR) is 95.9 cm³/mol. The van der Waals surface area contributed by atoms with Crippen LogP contribution in [0, 0.1) is 13.8 Å². The molecule has 1 aromatic carbocycles. The summed E-state index contributed by atoms with van der Waals surface area (Å²) >= 11 is 0. The van der Waals surface area contributed by atoms with Crippen molar-refractivity contribution in [3.05, 3.63) is 59.0 Å². The average molecular weight is 331 g/mol. The summed E-state index contributed by atoms with van der Waals surface area (Å²) < 4.78 is 10.8. The van der Waals surface area contributed by atoms with Gasteiger partial charge in [-0.3, -0.25) is 4.90 Å². The molecule has 1 unspecified atom stereocenters. The summed E-state index contributed by atoms with van der Waals surface area (Å²) in [5, 5.41) is 10.3. The highest BCUT2D eigenvalue weighted by molar-refractivity contribution is 5.30. The summed E-state index contributed by atoms with van der Waals surface area (Å²) in [6.45, 7) is 9.56. The zero-order valence-electron chi connectivity index (χ0n) is 15.0. The maximum absolute atomic E-state index is 10.3. The SMILES string of the molecule is CCCN(Cc1ccc(C)cc1C)CC(O)COCc1ccco1. The van der Waals surface area contributed by atoms with E-state index >= 15 is 0 Å². The second-order valence-electron chi connectivity index (χ2n) is 6.41. The minimum atomic E-state index is -0.503. The quantitative estimate of drug-likeness (QED) is 0.721. The molecular formula is C20H29NO3. The number of aliphatic hydroxyl groups is 1. The van der Waals surface area contributed by atoms with Crippen LogP contribution in [0.2, 0.25) is 0 Å². The monoisotopic (exact) mass is 331 g/mol. The molecule has 2 aromatic rings. The summed E-state index contributed by atoms with van der Waals surface area (Å²) in [7, 11) is 0. The van der Waals surface area contributed by atoms with Crippen molar-refractivity contribution >= 4 is 0 Å². The van der Waals surface area contributed by atoms with Crippen LogP contribution < -0.4 is 0 Å². The summed E-state index contributed by atoms with van der Waals surface area (Å²) in [4.78, 5) is 2.29. The number of nitrogens with zero attached hydrogens (tertiary/aromatic N) is 1. The minimum absolute atomic E-state index is 0.313. The average Bonchev–Trinajstić information content (AvgIpc) is 3.03. The molecule has 24 heavy (non-hydrogen) atoms. The van der Waals surface area contributed by atoms with Gasteiger partial charge in [0.1, 0.15) is 12.4 Å². The molecule has 4 heteroatoms. The zero-order valence-corrected chi connectivity index (χ0v) is 15.0. The van der Waals surface area contributed by atoms with Gasteiger partial charge in [-0.25, -0.2) is 0 Å². The van der Waals surface area contributed by atoms with Gasteiger partial charge in [-0.1, -0.05) is 30.7 Å². The van der Waals surface area contributed by atoms with Gasteiger partial charge < -0.3 is 14.3 Å². The van der Waals surface area contributed by atoms with Crippen molar-refractivity contribution in [3.8, 4) is 0 Å². The number of aliphatic hydroxyl groups excluding tert-OH is 1. The van der Waals surface area contributed by atoms with Crippen molar-refractivity contribution in [1.82, 2.24) is 4.90 Å². The minimum Gasteiger partial charge on any atom is -0.467 e. The van der Waals surface area contributed by atoms with Gasteiger partial charge in [0.25, 0.3) is 0 Å². The molecule has 2 rings (SSSR count). The molecule has 0 saturated heterocycles. The second-order valence-corrected chi connectivity index (χ2v) is 6.41. The first-order chi connectivity index (χ1) is 11.6. The van der Waals surface area contributed by atoms with Gasteiger partial charge in [0.2, 0.25) is 0 Å². The molecule has 4 nitrogen and oxygen atoms in total. The summed E-state index contributed by atoms with van der Waals surface area (Å²) in [6.07, 6.45) is 2.18. The third kappa shape index (κ3) is 6.11. The molecule has 0 radical (unpaired) electrons. The second kappa shape index (κ2) is 9.62. The van der Waals surface area contributed by atoms with Crippen LogP contribution in [0.25, 0.3) is 0 Å². The van der Waals surface area contributed by atoms with E-state index in [1.165, 1.54) is 16.7 Å². The number of hydrogen-bond donors (Lipinski definition) is 1. The largest absolute Gasteiger partial charge is 0.467 e. The van der Waals surface area contributed by atoms with Crippen molar-refractivity contribution in [2.75, 3.05) is 19.7 Å². The number of aryl methyl sites for hydroxylation is 2. The third-order valence-electron chi connectivity index (χ3n) is 4.04. The van der Waals surface area contributed by atoms with Gasteiger partial charge in [0, 0.05) is 13.1 Å². The Labute approximate surface area is 145 Å². The van der Waals surface area contributed by atoms with E-state index < -0.39 is 6.10 Å². The van der Waals surface area contributed by atoms with Crippen LogP contribution in [0.4, 0.5) is 0 Å². The Kier molecular flexibility index (Phi) is 7.50. The van der Waals surface area contributed by atoms with Crippen LogP contribution in [0.1, 0.15) is 35.8 Å². The first kappa shape index (κ1) is 18.7. The van der Waals surface area contributed by atoms with E-state index in [0.717, 1.165) is 25.3 Å². The lowest BCUT2D eigenvalue weighted by atomic mass is 10.1. The van der Waals surface area contributed by atoms with Gasteiger partial charge in [-0.15, -0.1) is 0 Å². The van der Waals surface area contributed by atoms with E-state index in [2.05, 4.69) is 43.9 Å². The van der Waals surface area contributed by atoms with E-state index in [9.17, 15) is 5.11 Å². The lowest BCUT2D eigenvalue weighted by molar-refractivity contribution is 0.00384. The Morgan fingerprint density at radius 3 is 2.75 bits per heavy atom. The summed E-state index contributed by atoms with van der Waals surface area (Å²) in [5.74, 6) is 0.780. The molecule has 0 fully saturated rings. The fourth-order valence-corrected chi connectivity index (χ4v) is 2.86. The van der Waals surface area contributed by atoms with Crippen LogP contribution in [0.5, 0.6) is 0 Å². The Morgan fingerprint density at radius 1 is 1.25 bits per heavy atom. The van der Waals surface area contributed by atoms with Crippen LogP contribution in [0.3, 0.4) is 0 Å². The van der Waals surface area contributed by atoms with Crippen LogP contribution in [-0.2, 0) is 17.9 Å². The van der Waals surface area contributed by atoms with Crippen molar-refractivity contribution in [2.45, 2.75) is 46.4 Å². The van der Waals surface area contributed by atoms with Gasteiger partial charge in [0.05, 0.1) is 19.0 Å².